The van der Waals surface area contributed by atoms with Crippen molar-refractivity contribution in [3.05, 3.63) is 17.5 Å². The fourth-order valence-electron chi connectivity index (χ4n) is 4.13. The molecule has 0 radical (unpaired) electrons. The highest BCUT2D eigenvalue weighted by atomic mass is 16.3. The van der Waals surface area contributed by atoms with E-state index in [0.717, 1.165) is 63.1 Å². The smallest absolute Gasteiger partial charge is 0.257 e. The molecule has 0 aliphatic carbocycles. The number of aliphatic hydroxyl groups excluding tert-OH is 1. The molecule has 0 spiro atoms. The van der Waals surface area contributed by atoms with Gasteiger partial charge in [-0.15, -0.1) is 0 Å². The fraction of sp³-hybridized carbons (Fsp3) is 0.778. The number of aromatic nitrogens is 2. The molecule has 0 bridgehead atoms. The van der Waals surface area contributed by atoms with E-state index in [1.807, 2.05) is 16.5 Å². The molecule has 1 aromatic heterocycles. The summed E-state index contributed by atoms with van der Waals surface area (Å²) in [5.41, 5.74) is 1.72. The third-order valence-corrected chi connectivity index (χ3v) is 5.73. The van der Waals surface area contributed by atoms with Gasteiger partial charge < -0.3 is 10.0 Å². The van der Waals surface area contributed by atoms with Crippen LogP contribution in [0.5, 0.6) is 0 Å². The molecule has 2 unspecified atom stereocenters. The second-order valence-corrected chi connectivity index (χ2v) is 7.19. The molecule has 2 aliphatic heterocycles. The molecule has 1 aromatic rings. The van der Waals surface area contributed by atoms with E-state index in [0.29, 0.717) is 12.1 Å². The molecule has 6 nitrogen and oxygen atoms in total. The van der Waals surface area contributed by atoms with Crippen LogP contribution in [0.25, 0.3) is 0 Å². The Morgan fingerprint density at radius 1 is 1.29 bits per heavy atom. The van der Waals surface area contributed by atoms with Crippen LogP contribution < -0.4 is 0 Å². The minimum absolute atomic E-state index is 0.104. The zero-order valence-corrected chi connectivity index (χ0v) is 15.1. The Hall–Kier alpha value is -1.40. The van der Waals surface area contributed by atoms with E-state index in [1.54, 1.807) is 6.20 Å². The molecule has 0 aromatic carbocycles. The van der Waals surface area contributed by atoms with Gasteiger partial charge in [-0.3, -0.25) is 14.4 Å². The van der Waals surface area contributed by atoms with Gasteiger partial charge in [-0.1, -0.05) is 13.8 Å². The highest BCUT2D eigenvalue weighted by Crippen LogP contribution is 2.24. The molecule has 2 aliphatic rings. The van der Waals surface area contributed by atoms with Crippen LogP contribution in [0.2, 0.25) is 0 Å². The molecule has 0 saturated carbocycles. The SMILES string of the molecule is CCC(CC)n1ncc(C(=O)N2CCC(N3CCC(O)C3)C2)c1C. The standard InChI is InChI=1S/C18H30N4O2/c1-4-14(5-2)22-13(3)17(10-19-22)18(24)21-8-6-15(11-21)20-9-7-16(23)12-20/h10,14-16,23H,4-9,11-12H2,1-3H3. The molecule has 1 amide bonds. The van der Waals surface area contributed by atoms with Crippen molar-refractivity contribution in [1.29, 1.82) is 0 Å². The lowest BCUT2D eigenvalue weighted by Crippen LogP contribution is -2.38. The van der Waals surface area contributed by atoms with Crippen LogP contribution in [0.4, 0.5) is 0 Å². The maximum Gasteiger partial charge on any atom is 0.257 e. The largest absolute Gasteiger partial charge is 0.392 e. The number of aliphatic hydroxyl groups is 1. The Balaban J connectivity index is 1.67. The summed E-state index contributed by atoms with van der Waals surface area (Å²) in [6.45, 7) is 9.58. The number of likely N-dealkylation sites (tertiary alicyclic amines) is 2. The lowest BCUT2D eigenvalue weighted by Gasteiger charge is -2.23. The third-order valence-electron chi connectivity index (χ3n) is 5.73. The molecule has 3 rings (SSSR count). The first-order chi connectivity index (χ1) is 11.5. The first-order valence-corrected chi connectivity index (χ1v) is 9.30. The second kappa shape index (κ2) is 7.23. The second-order valence-electron chi connectivity index (χ2n) is 7.19. The zero-order chi connectivity index (χ0) is 17.3. The molecular weight excluding hydrogens is 304 g/mol. The van der Waals surface area contributed by atoms with Crippen LogP contribution in [0.3, 0.4) is 0 Å². The maximum atomic E-state index is 12.9. The molecular formula is C18H30N4O2. The van der Waals surface area contributed by atoms with Crippen LogP contribution in [-0.4, -0.2) is 68.9 Å². The van der Waals surface area contributed by atoms with Crippen LogP contribution in [0, 0.1) is 6.92 Å². The molecule has 134 valence electrons. The Morgan fingerprint density at radius 3 is 2.67 bits per heavy atom. The van der Waals surface area contributed by atoms with Crippen LogP contribution in [-0.2, 0) is 0 Å². The van der Waals surface area contributed by atoms with Crippen LogP contribution in [0.15, 0.2) is 6.20 Å². The Morgan fingerprint density at radius 2 is 2.04 bits per heavy atom. The summed E-state index contributed by atoms with van der Waals surface area (Å²) >= 11 is 0. The Labute approximate surface area is 144 Å². The van der Waals surface area contributed by atoms with Crippen molar-refractivity contribution in [1.82, 2.24) is 19.6 Å². The van der Waals surface area contributed by atoms with Gasteiger partial charge in [0.2, 0.25) is 0 Å². The van der Waals surface area contributed by atoms with Crippen molar-refractivity contribution >= 4 is 5.91 Å². The third kappa shape index (κ3) is 3.22. The predicted molar refractivity (Wildman–Crippen MR) is 93.1 cm³/mol. The fourth-order valence-corrected chi connectivity index (χ4v) is 4.13. The minimum Gasteiger partial charge on any atom is -0.392 e. The normalized spacial score (nSPS) is 25.1. The van der Waals surface area contributed by atoms with Gasteiger partial charge in [-0.05, 0) is 32.6 Å². The number of β-amino-alcohol motifs (C(OH)–C–C–N with tert-alkyl or cyclic N) is 1. The van der Waals surface area contributed by atoms with Gasteiger partial charge in [0.15, 0.2) is 0 Å². The highest BCUT2D eigenvalue weighted by Gasteiger charge is 2.35. The zero-order valence-electron chi connectivity index (χ0n) is 15.1. The van der Waals surface area contributed by atoms with Gasteiger partial charge in [0, 0.05) is 37.9 Å². The summed E-state index contributed by atoms with van der Waals surface area (Å²) in [7, 11) is 0. The van der Waals surface area contributed by atoms with Crippen molar-refractivity contribution < 1.29 is 9.90 Å². The lowest BCUT2D eigenvalue weighted by atomic mass is 10.1. The number of amides is 1. The van der Waals surface area contributed by atoms with Crippen molar-refractivity contribution in [2.24, 2.45) is 0 Å². The van der Waals surface area contributed by atoms with E-state index in [2.05, 4.69) is 23.8 Å². The first-order valence-electron chi connectivity index (χ1n) is 9.30. The Kier molecular flexibility index (Phi) is 5.25. The van der Waals surface area contributed by atoms with Gasteiger partial charge in [-0.25, -0.2) is 0 Å². The average Bonchev–Trinajstić information content (AvgIpc) is 3.29. The summed E-state index contributed by atoms with van der Waals surface area (Å²) in [6.07, 6.45) is 5.44. The Bertz CT molecular complexity index is 582. The van der Waals surface area contributed by atoms with Crippen LogP contribution in [0.1, 0.15) is 61.6 Å². The maximum absolute atomic E-state index is 12.9. The average molecular weight is 334 g/mol. The van der Waals surface area contributed by atoms with Crippen molar-refractivity contribution in [3.63, 3.8) is 0 Å². The summed E-state index contributed by atoms with van der Waals surface area (Å²) in [4.78, 5) is 17.2. The number of hydrogen-bond donors (Lipinski definition) is 1. The van der Waals surface area contributed by atoms with E-state index in [4.69, 9.17) is 0 Å². The van der Waals surface area contributed by atoms with E-state index >= 15 is 0 Å². The van der Waals surface area contributed by atoms with E-state index in [9.17, 15) is 9.90 Å². The summed E-state index contributed by atoms with van der Waals surface area (Å²) in [5, 5.41) is 14.2. The number of rotatable bonds is 5. The topological polar surface area (TPSA) is 61.6 Å². The van der Waals surface area contributed by atoms with Crippen molar-refractivity contribution in [2.45, 2.75) is 64.6 Å². The number of hydrogen-bond acceptors (Lipinski definition) is 4. The van der Waals surface area contributed by atoms with Gasteiger partial charge in [0.05, 0.1) is 23.9 Å². The summed E-state index contributed by atoms with van der Waals surface area (Å²) in [5.74, 6) is 0.104. The van der Waals surface area contributed by atoms with Gasteiger partial charge in [-0.2, -0.15) is 5.10 Å². The molecule has 24 heavy (non-hydrogen) atoms. The minimum atomic E-state index is -0.199. The van der Waals surface area contributed by atoms with Gasteiger partial charge in [0.25, 0.3) is 5.91 Å². The molecule has 6 heteroatoms. The lowest BCUT2D eigenvalue weighted by molar-refractivity contribution is 0.0777. The monoisotopic (exact) mass is 334 g/mol. The number of carbonyl (C=O) groups excluding carboxylic acids is 1. The van der Waals surface area contributed by atoms with Gasteiger partial charge >= 0.3 is 0 Å². The predicted octanol–water partition coefficient (Wildman–Crippen LogP) is 1.83. The number of nitrogens with zero attached hydrogens (tertiary/aromatic N) is 4. The highest BCUT2D eigenvalue weighted by molar-refractivity contribution is 5.95. The summed E-state index contributed by atoms with van der Waals surface area (Å²) in [6, 6.07) is 0.754. The van der Waals surface area contributed by atoms with Crippen LogP contribution >= 0.6 is 0 Å². The quantitative estimate of drug-likeness (QED) is 0.892. The molecule has 2 fully saturated rings. The van der Waals surface area contributed by atoms with Gasteiger partial charge in [0.1, 0.15) is 0 Å². The van der Waals surface area contributed by atoms with E-state index in [-0.39, 0.29) is 12.0 Å². The molecule has 1 N–H and O–H groups in total. The molecule has 2 saturated heterocycles. The van der Waals surface area contributed by atoms with E-state index < -0.39 is 0 Å². The number of carbonyl (C=O) groups is 1. The van der Waals surface area contributed by atoms with Crippen molar-refractivity contribution in [2.75, 3.05) is 26.2 Å². The summed E-state index contributed by atoms with van der Waals surface area (Å²) < 4.78 is 2.01. The molecule has 2 atom stereocenters. The van der Waals surface area contributed by atoms with Crippen molar-refractivity contribution in [3.8, 4) is 0 Å². The van der Waals surface area contributed by atoms with E-state index in [1.165, 1.54) is 0 Å². The first kappa shape index (κ1) is 17.4. The molecule has 3 heterocycles.